The van der Waals surface area contributed by atoms with Crippen LogP contribution in [0.2, 0.25) is 5.02 Å². The highest BCUT2D eigenvalue weighted by molar-refractivity contribution is 6.30. The molecule has 3 aromatic rings. The standard InChI is InChI=1S/C21H15ClF5N3O5/c1-33-17-10(3-2-4-13(17)35-20(23)24)16-11-7-9(22)5-6-12(11)30-18(14(34-16)8-15(31)32)28-29-19(30)21(25,26)27/h2-7,14,16,20H,8H2,1H3,(H,31,32)/t14-,16-/m0/s1. The Morgan fingerprint density at radius 3 is 2.60 bits per heavy atom. The lowest BCUT2D eigenvalue weighted by Gasteiger charge is -2.24. The zero-order chi connectivity index (χ0) is 25.5. The molecule has 1 N–H and O–H groups in total. The Labute approximate surface area is 198 Å². The van der Waals surface area contributed by atoms with E-state index in [9.17, 15) is 31.9 Å². The van der Waals surface area contributed by atoms with E-state index in [1.807, 2.05) is 0 Å². The molecule has 0 amide bonds. The fourth-order valence-electron chi connectivity index (χ4n) is 3.85. The Bertz CT molecular complexity index is 1270. The first-order valence-electron chi connectivity index (χ1n) is 9.82. The molecule has 8 nitrogen and oxygen atoms in total. The van der Waals surface area contributed by atoms with Crippen LogP contribution < -0.4 is 9.47 Å². The number of aliphatic carboxylic acids is 1. The van der Waals surface area contributed by atoms with Gasteiger partial charge in [0.05, 0.1) is 19.2 Å². The van der Waals surface area contributed by atoms with Crippen molar-refractivity contribution in [3.63, 3.8) is 0 Å². The van der Waals surface area contributed by atoms with Gasteiger partial charge in [0.25, 0.3) is 0 Å². The summed E-state index contributed by atoms with van der Waals surface area (Å²) in [6.07, 6.45) is -8.55. The van der Waals surface area contributed by atoms with Crippen LogP contribution in [-0.2, 0) is 15.7 Å². The second-order valence-electron chi connectivity index (χ2n) is 7.28. The van der Waals surface area contributed by atoms with E-state index in [-0.39, 0.29) is 33.3 Å². The van der Waals surface area contributed by atoms with Crippen LogP contribution >= 0.6 is 11.6 Å². The fourth-order valence-corrected chi connectivity index (χ4v) is 4.03. The highest BCUT2D eigenvalue weighted by Gasteiger charge is 2.44. The van der Waals surface area contributed by atoms with Gasteiger partial charge in [0.1, 0.15) is 12.2 Å². The van der Waals surface area contributed by atoms with Gasteiger partial charge in [-0.25, -0.2) is 0 Å². The molecule has 1 aromatic heterocycles. The minimum atomic E-state index is -4.95. The maximum atomic E-state index is 13.8. The molecule has 14 heteroatoms. The Balaban J connectivity index is 2.01. The minimum absolute atomic E-state index is 0.0597. The predicted molar refractivity (Wildman–Crippen MR) is 109 cm³/mol. The van der Waals surface area contributed by atoms with Crippen molar-refractivity contribution in [3.8, 4) is 17.2 Å². The molecule has 0 spiro atoms. The first kappa shape index (κ1) is 24.7. The molecular formula is C21H15ClF5N3O5. The third-order valence-corrected chi connectivity index (χ3v) is 5.35. The number of nitrogens with zero attached hydrogens (tertiary/aromatic N) is 3. The lowest BCUT2D eigenvalue weighted by molar-refractivity contribution is -0.146. The van der Waals surface area contributed by atoms with Gasteiger partial charge in [-0.2, -0.15) is 22.0 Å². The molecule has 186 valence electrons. The SMILES string of the molecule is COc1c(OC(F)F)cccc1[C@@H]1O[C@@H](CC(=O)O)c2nnc(C(F)(F)F)n2-c2ccc(Cl)cc21. The van der Waals surface area contributed by atoms with Crippen molar-refractivity contribution in [2.45, 2.75) is 31.4 Å². The summed E-state index contributed by atoms with van der Waals surface area (Å²) in [7, 11) is 1.18. The maximum absolute atomic E-state index is 13.8. The van der Waals surface area contributed by atoms with E-state index in [4.69, 9.17) is 21.1 Å². The smallest absolute Gasteiger partial charge is 0.452 e. The number of carboxylic acid groups (broad SMARTS) is 1. The van der Waals surface area contributed by atoms with Crippen molar-refractivity contribution in [1.29, 1.82) is 0 Å². The summed E-state index contributed by atoms with van der Waals surface area (Å²) in [4.78, 5) is 11.6. The zero-order valence-electron chi connectivity index (χ0n) is 17.6. The Kier molecular flexibility index (Phi) is 6.56. The monoisotopic (exact) mass is 519 g/mol. The van der Waals surface area contributed by atoms with Gasteiger partial charge in [-0.3, -0.25) is 9.36 Å². The van der Waals surface area contributed by atoms with Crippen LogP contribution in [0.3, 0.4) is 0 Å². The Morgan fingerprint density at radius 1 is 1.23 bits per heavy atom. The van der Waals surface area contributed by atoms with Gasteiger partial charge in [0.15, 0.2) is 17.3 Å². The van der Waals surface area contributed by atoms with Crippen LogP contribution in [0.15, 0.2) is 36.4 Å². The van der Waals surface area contributed by atoms with E-state index < -0.39 is 49.0 Å². The first-order chi connectivity index (χ1) is 16.5. The highest BCUT2D eigenvalue weighted by atomic mass is 35.5. The van der Waals surface area contributed by atoms with E-state index in [0.717, 1.165) is 0 Å². The van der Waals surface area contributed by atoms with Crippen LogP contribution in [0.25, 0.3) is 5.69 Å². The normalized spacial score (nSPS) is 17.5. The van der Waals surface area contributed by atoms with Crippen molar-refractivity contribution >= 4 is 17.6 Å². The number of ether oxygens (including phenoxy) is 3. The summed E-state index contributed by atoms with van der Waals surface area (Å²) in [5, 5.41) is 16.3. The number of carbonyl (C=O) groups is 1. The number of halogens is 6. The minimum Gasteiger partial charge on any atom is -0.492 e. The van der Waals surface area contributed by atoms with E-state index in [2.05, 4.69) is 14.9 Å². The topological polar surface area (TPSA) is 95.7 Å². The summed E-state index contributed by atoms with van der Waals surface area (Å²) >= 11 is 6.14. The number of benzene rings is 2. The summed E-state index contributed by atoms with van der Waals surface area (Å²) in [6.45, 7) is -3.19. The van der Waals surface area contributed by atoms with Crippen molar-refractivity contribution < 1.29 is 46.1 Å². The molecule has 0 bridgehead atoms. The lowest BCUT2D eigenvalue weighted by atomic mass is 9.98. The third kappa shape index (κ3) is 4.73. The van der Waals surface area contributed by atoms with E-state index >= 15 is 0 Å². The van der Waals surface area contributed by atoms with Crippen molar-refractivity contribution in [2.75, 3.05) is 7.11 Å². The fraction of sp³-hybridized carbons (Fsp3) is 0.286. The van der Waals surface area contributed by atoms with Crippen molar-refractivity contribution in [3.05, 3.63) is 64.2 Å². The van der Waals surface area contributed by atoms with Crippen molar-refractivity contribution in [1.82, 2.24) is 14.8 Å². The zero-order valence-corrected chi connectivity index (χ0v) is 18.3. The molecule has 0 saturated heterocycles. The quantitative estimate of drug-likeness (QED) is 0.448. The predicted octanol–water partition coefficient (Wildman–Crippen LogP) is 5.18. The number of para-hydroxylation sites is 1. The van der Waals surface area contributed by atoms with Gasteiger partial charge >= 0.3 is 18.8 Å². The van der Waals surface area contributed by atoms with Gasteiger partial charge in [-0.1, -0.05) is 23.7 Å². The number of fused-ring (bicyclic) bond motifs is 3. The second kappa shape index (κ2) is 9.30. The van der Waals surface area contributed by atoms with Crippen LogP contribution in [0, 0.1) is 0 Å². The Morgan fingerprint density at radius 2 is 1.97 bits per heavy atom. The molecule has 2 atom stereocenters. The average molecular weight is 520 g/mol. The van der Waals surface area contributed by atoms with Crippen LogP contribution in [-0.4, -0.2) is 39.6 Å². The molecule has 2 aromatic carbocycles. The average Bonchev–Trinajstić information content (AvgIpc) is 3.17. The summed E-state index contributed by atoms with van der Waals surface area (Å²) < 4.78 is 83.7. The number of rotatable bonds is 6. The van der Waals surface area contributed by atoms with Gasteiger partial charge in [0, 0.05) is 16.1 Å². The number of aromatic nitrogens is 3. The summed E-state index contributed by atoms with van der Waals surface area (Å²) in [5.41, 5.74) is 0.0445. The number of carboxylic acids is 1. The number of hydrogen-bond donors (Lipinski definition) is 1. The number of alkyl halides is 5. The van der Waals surface area contributed by atoms with E-state index in [0.29, 0.717) is 4.57 Å². The van der Waals surface area contributed by atoms with Gasteiger partial charge in [-0.15, -0.1) is 10.2 Å². The van der Waals surface area contributed by atoms with Crippen LogP contribution in [0.4, 0.5) is 22.0 Å². The molecule has 0 fully saturated rings. The van der Waals surface area contributed by atoms with Gasteiger partial charge in [-0.05, 0) is 24.3 Å². The molecule has 1 aliphatic heterocycles. The van der Waals surface area contributed by atoms with Crippen LogP contribution in [0.1, 0.15) is 41.4 Å². The van der Waals surface area contributed by atoms with Crippen LogP contribution in [0.5, 0.6) is 11.5 Å². The lowest BCUT2D eigenvalue weighted by Crippen LogP contribution is -2.17. The first-order valence-corrected chi connectivity index (χ1v) is 10.2. The summed E-state index contributed by atoms with van der Waals surface area (Å²) in [5.74, 6) is -3.75. The second-order valence-corrected chi connectivity index (χ2v) is 7.71. The molecule has 0 aliphatic carbocycles. The Hall–Kier alpha value is -3.45. The molecule has 4 rings (SSSR count). The van der Waals surface area contributed by atoms with E-state index in [1.54, 1.807) is 0 Å². The van der Waals surface area contributed by atoms with E-state index in [1.165, 1.54) is 43.5 Å². The molecule has 0 saturated carbocycles. The number of hydrogen-bond acceptors (Lipinski definition) is 6. The molecule has 1 aliphatic rings. The molecule has 0 unspecified atom stereocenters. The number of methoxy groups -OCH3 is 1. The summed E-state index contributed by atoms with van der Waals surface area (Å²) in [6, 6.07) is 7.88. The molecular weight excluding hydrogens is 505 g/mol. The largest absolute Gasteiger partial charge is 0.492 e. The van der Waals surface area contributed by atoms with Gasteiger partial charge in [0.2, 0.25) is 5.82 Å². The molecule has 2 heterocycles. The molecule has 0 radical (unpaired) electrons. The van der Waals surface area contributed by atoms with Crippen molar-refractivity contribution in [2.24, 2.45) is 0 Å². The highest BCUT2D eigenvalue weighted by Crippen LogP contribution is 2.47. The maximum Gasteiger partial charge on any atom is 0.452 e. The van der Waals surface area contributed by atoms with Gasteiger partial charge < -0.3 is 19.3 Å². The third-order valence-electron chi connectivity index (χ3n) is 5.11. The molecule has 35 heavy (non-hydrogen) atoms.